The summed E-state index contributed by atoms with van der Waals surface area (Å²) in [5.74, 6) is 2.09. The first kappa shape index (κ1) is 31.9. The minimum absolute atomic E-state index is 0.233. The quantitative estimate of drug-likeness (QED) is 0.0619. The molecule has 0 fully saturated rings. The Kier molecular flexibility index (Phi) is 14.0. The van der Waals surface area contributed by atoms with Crippen molar-refractivity contribution < 1.29 is 19.1 Å². The predicted molar refractivity (Wildman–Crippen MR) is 161 cm³/mol. The summed E-state index contributed by atoms with van der Waals surface area (Å²) in [6, 6.07) is 17.9. The van der Waals surface area contributed by atoms with E-state index in [-0.39, 0.29) is 23.2 Å². The summed E-state index contributed by atoms with van der Waals surface area (Å²) in [7, 11) is 0. The number of hydrogen-bond donors (Lipinski definition) is 0. The maximum absolute atomic E-state index is 12.2. The predicted octanol–water partition coefficient (Wildman–Crippen LogP) is 8.31. The van der Waals surface area contributed by atoms with Crippen LogP contribution in [0.2, 0.25) is 13.3 Å². The van der Waals surface area contributed by atoms with Crippen LogP contribution < -0.4 is 3.58 Å². The molecule has 38 heavy (non-hydrogen) atoms. The van der Waals surface area contributed by atoms with Crippen LogP contribution in [0.5, 0.6) is 0 Å². The Hall–Kier alpha value is -2.30. The monoisotopic (exact) mass is 626 g/mol. The van der Waals surface area contributed by atoms with Crippen molar-refractivity contribution in [2.24, 2.45) is 0 Å². The van der Waals surface area contributed by atoms with Crippen LogP contribution in [-0.4, -0.2) is 36.4 Å². The van der Waals surface area contributed by atoms with Gasteiger partial charge in [0.15, 0.2) is 0 Å². The molecular weight excluding hydrogens is 579 g/mol. The van der Waals surface area contributed by atoms with Crippen LogP contribution in [0, 0.1) is 0 Å². The fourth-order valence-corrected chi connectivity index (χ4v) is 20.9. The van der Waals surface area contributed by atoms with E-state index in [0.717, 1.165) is 5.56 Å². The number of esters is 1. The third kappa shape index (κ3) is 9.17. The second-order valence-corrected chi connectivity index (χ2v) is 23.7. The van der Waals surface area contributed by atoms with E-state index in [0.29, 0.717) is 5.56 Å². The van der Waals surface area contributed by atoms with Gasteiger partial charge in [-0.25, -0.2) is 0 Å². The van der Waals surface area contributed by atoms with Gasteiger partial charge in [-0.2, -0.15) is 0 Å². The Morgan fingerprint density at radius 2 is 1.34 bits per heavy atom. The van der Waals surface area contributed by atoms with Crippen molar-refractivity contribution in [2.75, 3.05) is 0 Å². The van der Waals surface area contributed by atoms with E-state index in [1.165, 1.54) is 58.8 Å². The van der Waals surface area contributed by atoms with Gasteiger partial charge in [-0.1, -0.05) is 0 Å². The fraction of sp³-hybridized carbons (Fsp3) is 0.485. The van der Waals surface area contributed by atoms with Crippen molar-refractivity contribution >= 4 is 45.2 Å². The van der Waals surface area contributed by atoms with Gasteiger partial charge in [0.2, 0.25) is 0 Å². The van der Waals surface area contributed by atoms with Gasteiger partial charge < -0.3 is 0 Å². The zero-order valence-electron chi connectivity index (χ0n) is 24.3. The van der Waals surface area contributed by atoms with Crippen molar-refractivity contribution in [2.45, 2.75) is 99.5 Å². The Morgan fingerprint density at radius 1 is 0.816 bits per heavy atom. The number of carbonyl (C=O) groups is 1. The van der Waals surface area contributed by atoms with Gasteiger partial charge in [-0.15, -0.1) is 0 Å². The molecular formula is C33H46O4Sn. The van der Waals surface area contributed by atoms with Crippen molar-refractivity contribution in [3.63, 3.8) is 0 Å². The van der Waals surface area contributed by atoms with E-state index in [9.17, 15) is 9.59 Å². The summed E-state index contributed by atoms with van der Waals surface area (Å²) >= 11 is -2.61. The first-order valence-electron chi connectivity index (χ1n) is 14.3. The molecule has 0 radical (unpaired) electrons. The molecule has 0 unspecified atom stereocenters. The van der Waals surface area contributed by atoms with Crippen LogP contribution in [0.3, 0.4) is 0 Å². The van der Waals surface area contributed by atoms with Gasteiger partial charge in [0.25, 0.3) is 0 Å². The number of benzene rings is 2. The van der Waals surface area contributed by atoms with Gasteiger partial charge >= 0.3 is 235 Å². The van der Waals surface area contributed by atoms with Crippen LogP contribution in [0.15, 0.2) is 60.4 Å². The molecule has 4 nitrogen and oxygen atoms in total. The van der Waals surface area contributed by atoms with E-state index >= 15 is 0 Å². The van der Waals surface area contributed by atoms with Gasteiger partial charge in [-0.05, 0) is 0 Å². The molecule has 0 aliphatic heterocycles. The molecule has 2 rings (SSSR count). The molecule has 0 heterocycles. The summed E-state index contributed by atoms with van der Waals surface area (Å²) in [5.41, 5.74) is 1.63. The number of ether oxygens (including phenoxy) is 2. The van der Waals surface area contributed by atoms with Gasteiger partial charge in [0, 0.05) is 0 Å². The van der Waals surface area contributed by atoms with Crippen LogP contribution in [0.25, 0.3) is 11.3 Å². The summed E-state index contributed by atoms with van der Waals surface area (Å²) in [6.45, 7) is 12.0. The third-order valence-corrected chi connectivity index (χ3v) is 22.7. The van der Waals surface area contributed by atoms with Crippen molar-refractivity contribution in [3.8, 4) is 0 Å². The van der Waals surface area contributed by atoms with E-state index in [1.807, 2.05) is 44.2 Å². The van der Waals surface area contributed by atoms with Crippen molar-refractivity contribution in [1.82, 2.24) is 0 Å². The number of allylic oxidation sites excluding steroid dienone is 1. The number of rotatable bonds is 16. The molecule has 0 bridgehead atoms. The summed E-state index contributed by atoms with van der Waals surface area (Å²) in [4.78, 5) is 24.5. The molecule has 0 saturated heterocycles. The summed E-state index contributed by atoms with van der Waals surface area (Å²) in [6.07, 6.45) is 7.32. The molecule has 0 aliphatic carbocycles. The number of unbranched alkanes of at least 4 members (excludes halogenated alkanes) is 3. The molecule has 0 N–H and O–H groups in total. The number of hydrogen-bond acceptors (Lipinski definition) is 4. The molecule has 206 valence electrons. The minimum atomic E-state index is -2.61. The first-order valence-corrected chi connectivity index (χ1v) is 21.8. The topological polar surface area (TPSA) is 52.6 Å². The van der Waals surface area contributed by atoms with E-state index in [2.05, 4.69) is 51.0 Å². The molecule has 0 aliphatic rings. The molecule has 0 amide bonds. The first-order chi connectivity index (χ1) is 18.3. The van der Waals surface area contributed by atoms with Crippen molar-refractivity contribution in [3.05, 3.63) is 71.5 Å². The molecule has 0 aromatic heterocycles. The molecule has 2 aromatic carbocycles. The van der Waals surface area contributed by atoms with Crippen LogP contribution in [-0.2, 0) is 19.1 Å². The van der Waals surface area contributed by atoms with E-state index in [4.69, 9.17) is 9.47 Å². The average Bonchev–Trinajstić information content (AvgIpc) is 2.92. The molecule has 5 heteroatoms. The van der Waals surface area contributed by atoms with Crippen LogP contribution >= 0.6 is 0 Å². The average molecular weight is 625 g/mol. The Balaban J connectivity index is 2.69. The molecule has 0 atom stereocenters. The van der Waals surface area contributed by atoms with E-state index < -0.39 is 24.3 Å². The normalized spacial score (nSPS) is 12.1. The van der Waals surface area contributed by atoms with Crippen LogP contribution in [0.4, 0.5) is 0 Å². The molecule has 0 spiro atoms. The second-order valence-electron chi connectivity index (χ2n) is 10.4. The summed E-state index contributed by atoms with van der Waals surface area (Å²) < 4.78 is 17.6. The molecule has 0 saturated carbocycles. The zero-order chi connectivity index (χ0) is 28.0. The number of carbonyl (C=O) groups excluding carboxylic acids is 2. The van der Waals surface area contributed by atoms with Gasteiger partial charge in [-0.3, -0.25) is 0 Å². The van der Waals surface area contributed by atoms with E-state index in [1.54, 1.807) is 3.58 Å². The third-order valence-electron chi connectivity index (χ3n) is 6.98. The van der Waals surface area contributed by atoms with Gasteiger partial charge in [0.05, 0.1) is 0 Å². The maximum atomic E-state index is 12.2. The van der Waals surface area contributed by atoms with Crippen molar-refractivity contribution in [1.29, 1.82) is 0 Å². The summed E-state index contributed by atoms with van der Waals surface area (Å²) in [5, 5.41) is 0. The van der Waals surface area contributed by atoms with Crippen LogP contribution in [0.1, 0.15) is 91.2 Å². The Morgan fingerprint density at radius 3 is 1.76 bits per heavy atom. The van der Waals surface area contributed by atoms with Gasteiger partial charge in [0.1, 0.15) is 0 Å². The Bertz CT molecular complexity index is 1060. The molecule has 2 aromatic rings. The standard InChI is InChI=1S/C21H19O4.3C4H9.Sn/c1-15(2)24-21(19(14-22)17-10-6-4-7-11-17)20(25-16(3)23)18-12-8-5-9-13-18;3*1-3-4-2;/h4,6-13,15H,1-3H3;3*1,3-4H2,2H3;/b21-20-;;;;. The fourth-order valence-electron chi connectivity index (χ4n) is 5.01. The zero-order valence-corrected chi connectivity index (χ0v) is 27.1. The second kappa shape index (κ2) is 16.6. The Labute approximate surface area is 234 Å². The SMILES string of the molecule is CCC[CH2][Sn]([CH2]CCC)([CH2]CCC)[c]1ccc(/C(OC(C)=O)=C(/OC(C)C)C(=C=O)c2ccccc2)cc1.